The lowest BCUT2D eigenvalue weighted by molar-refractivity contribution is 0.0473. The Labute approximate surface area is 73.8 Å². The van der Waals surface area contributed by atoms with Crippen LogP contribution < -0.4 is 0 Å². The minimum atomic E-state index is -0.654. The summed E-state index contributed by atoms with van der Waals surface area (Å²) >= 11 is 0. The molecule has 1 N–H and O–H groups in total. The van der Waals surface area contributed by atoms with Crippen molar-refractivity contribution in [2.45, 2.75) is 6.42 Å². The number of aromatic hydroxyl groups is 1. The van der Waals surface area contributed by atoms with Crippen LogP contribution >= 0.6 is 0 Å². The molecule has 1 heterocycles. The Kier molecular flexibility index (Phi) is 1.69. The van der Waals surface area contributed by atoms with Gasteiger partial charge in [0.05, 0.1) is 6.61 Å². The zero-order valence-corrected chi connectivity index (χ0v) is 6.71. The molecular formula is C9H7FO3. The molecular weight excluding hydrogens is 175 g/mol. The lowest BCUT2D eigenvalue weighted by Gasteiger charge is -2.16. The molecule has 0 unspecified atom stereocenters. The number of phenols is 1. The van der Waals surface area contributed by atoms with Gasteiger partial charge in [-0.15, -0.1) is 0 Å². The highest BCUT2D eigenvalue weighted by atomic mass is 19.1. The average Bonchev–Trinajstić information content (AvgIpc) is 2.12. The lowest BCUT2D eigenvalue weighted by atomic mass is 10.0. The number of phenolic OH excluding ortho intramolecular Hbond substituents is 1. The Morgan fingerprint density at radius 1 is 1.46 bits per heavy atom. The minimum absolute atomic E-state index is 0.0359. The number of carbonyl (C=O) groups excluding carboxylic acids is 1. The number of halogens is 1. The number of benzene rings is 1. The van der Waals surface area contributed by atoms with Gasteiger partial charge in [-0.1, -0.05) is 0 Å². The highest BCUT2D eigenvalue weighted by Gasteiger charge is 2.24. The maximum absolute atomic E-state index is 13.1. The average molecular weight is 182 g/mol. The number of esters is 1. The first-order valence-corrected chi connectivity index (χ1v) is 3.87. The van der Waals surface area contributed by atoms with Crippen LogP contribution in [0.4, 0.5) is 4.39 Å². The quantitative estimate of drug-likeness (QED) is 0.614. The molecule has 68 valence electrons. The first-order chi connectivity index (χ1) is 6.20. The summed E-state index contributed by atoms with van der Waals surface area (Å²) in [7, 11) is 0. The first-order valence-electron chi connectivity index (χ1n) is 3.87. The molecule has 13 heavy (non-hydrogen) atoms. The van der Waals surface area contributed by atoms with Gasteiger partial charge in [-0.2, -0.15) is 0 Å². The van der Waals surface area contributed by atoms with E-state index in [0.29, 0.717) is 6.42 Å². The van der Waals surface area contributed by atoms with Gasteiger partial charge < -0.3 is 9.84 Å². The second-order valence-corrected chi connectivity index (χ2v) is 2.81. The van der Waals surface area contributed by atoms with Crippen LogP contribution in [0.2, 0.25) is 0 Å². The van der Waals surface area contributed by atoms with Gasteiger partial charge >= 0.3 is 5.97 Å². The fourth-order valence-electron chi connectivity index (χ4n) is 1.40. The Balaban J connectivity index is 2.67. The van der Waals surface area contributed by atoms with Crippen LogP contribution in [-0.4, -0.2) is 17.7 Å². The van der Waals surface area contributed by atoms with E-state index >= 15 is 0 Å². The molecule has 0 aliphatic carbocycles. The van der Waals surface area contributed by atoms with E-state index in [4.69, 9.17) is 0 Å². The van der Waals surface area contributed by atoms with Crippen LogP contribution in [0.3, 0.4) is 0 Å². The molecule has 0 radical (unpaired) electrons. The maximum Gasteiger partial charge on any atom is 0.342 e. The largest absolute Gasteiger partial charge is 0.507 e. The van der Waals surface area contributed by atoms with E-state index < -0.39 is 11.8 Å². The van der Waals surface area contributed by atoms with Crippen LogP contribution in [0.15, 0.2) is 12.1 Å². The van der Waals surface area contributed by atoms with Gasteiger partial charge in [0.1, 0.15) is 17.1 Å². The molecule has 0 spiro atoms. The second-order valence-electron chi connectivity index (χ2n) is 2.81. The Morgan fingerprint density at radius 3 is 2.92 bits per heavy atom. The Hall–Kier alpha value is -1.58. The predicted octanol–water partition coefficient (Wildman–Crippen LogP) is 1.24. The molecule has 0 fully saturated rings. The van der Waals surface area contributed by atoms with Crippen molar-refractivity contribution in [2.75, 3.05) is 6.61 Å². The SMILES string of the molecule is O=C1OCCc2c(F)ccc(O)c21. The van der Waals surface area contributed by atoms with E-state index in [1.54, 1.807) is 0 Å². The van der Waals surface area contributed by atoms with E-state index in [1.165, 1.54) is 0 Å². The van der Waals surface area contributed by atoms with Crippen molar-refractivity contribution in [3.63, 3.8) is 0 Å². The van der Waals surface area contributed by atoms with E-state index in [1.807, 2.05) is 0 Å². The Morgan fingerprint density at radius 2 is 2.23 bits per heavy atom. The van der Waals surface area contributed by atoms with Crippen molar-refractivity contribution < 1.29 is 19.0 Å². The molecule has 0 aromatic heterocycles. The number of carbonyl (C=O) groups is 1. The summed E-state index contributed by atoms with van der Waals surface area (Å²) < 4.78 is 17.8. The van der Waals surface area contributed by atoms with Gasteiger partial charge in [-0.05, 0) is 12.1 Å². The first kappa shape index (κ1) is 8.04. The van der Waals surface area contributed by atoms with E-state index in [2.05, 4.69) is 4.74 Å². The number of ether oxygens (including phenoxy) is 1. The van der Waals surface area contributed by atoms with Gasteiger partial charge in [0.25, 0.3) is 0 Å². The zero-order chi connectivity index (χ0) is 9.42. The van der Waals surface area contributed by atoms with E-state index in [-0.39, 0.29) is 23.5 Å². The molecule has 0 saturated carbocycles. The highest BCUT2D eigenvalue weighted by Crippen LogP contribution is 2.27. The molecule has 4 heteroatoms. The van der Waals surface area contributed by atoms with Gasteiger partial charge in [0.2, 0.25) is 0 Å². The molecule has 1 aromatic rings. The van der Waals surface area contributed by atoms with Crippen molar-refractivity contribution in [2.24, 2.45) is 0 Å². The fourth-order valence-corrected chi connectivity index (χ4v) is 1.40. The van der Waals surface area contributed by atoms with Gasteiger partial charge in [0, 0.05) is 12.0 Å². The fraction of sp³-hybridized carbons (Fsp3) is 0.222. The van der Waals surface area contributed by atoms with Crippen molar-refractivity contribution >= 4 is 5.97 Å². The summed E-state index contributed by atoms with van der Waals surface area (Å²) in [5, 5.41) is 9.28. The van der Waals surface area contributed by atoms with Crippen molar-refractivity contribution in [1.82, 2.24) is 0 Å². The highest BCUT2D eigenvalue weighted by molar-refractivity contribution is 5.94. The molecule has 2 rings (SSSR count). The molecule has 3 nitrogen and oxygen atoms in total. The predicted molar refractivity (Wildman–Crippen MR) is 42.1 cm³/mol. The molecule has 0 atom stereocenters. The van der Waals surface area contributed by atoms with Crippen LogP contribution in [0.1, 0.15) is 15.9 Å². The molecule has 0 saturated heterocycles. The van der Waals surface area contributed by atoms with Crippen molar-refractivity contribution in [3.8, 4) is 5.75 Å². The standard InChI is InChI=1S/C9H7FO3/c10-6-1-2-7(11)8-5(6)3-4-13-9(8)12/h1-2,11H,3-4H2. The molecule has 1 aliphatic heterocycles. The monoisotopic (exact) mass is 182 g/mol. The molecule has 1 aliphatic rings. The zero-order valence-electron chi connectivity index (χ0n) is 6.71. The summed E-state index contributed by atoms with van der Waals surface area (Å²) in [4.78, 5) is 11.1. The lowest BCUT2D eigenvalue weighted by Crippen LogP contribution is -2.19. The van der Waals surface area contributed by atoms with E-state index in [0.717, 1.165) is 12.1 Å². The third-order valence-electron chi connectivity index (χ3n) is 2.02. The molecule has 0 bridgehead atoms. The number of hydrogen-bond donors (Lipinski definition) is 1. The summed E-state index contributed by atoms with van der Waals surface area (Å²) in [6.45, 7) is 0.173. The summed E-state index contributed by atoms with van der Waals surface area (Å²) in [6, 6.07) is 2.30. The van der Waals surface area contributed by atoms with Crippen molar-refractivity contribution in [3.05, 3.63) is 29.1 Å². The molecule has 1 aromatic carbocycles. The second kappa shape index (κ2) is 2.73. The van der Waals surface area contributed by atoms with E-state index in [9.17, 15) is 14.3 Å². The van der Waals surface area contributed by atoms with Gasteiger partial charge in [0.15, 0.2) is 0 Å². The van der Waals surface area contributed by atoms with Crippen molar-refractivity contribution in [1.29, 1.82) is 0 Å². The number of rotatable bonds is 0. The van der Waals surface area contributed by atoms with Crippen LogP contribution in [-0.2, 0) is 11.2 Å². The third-order valence-corrected chi connectivity index (χ3v) is 2.02. The normalized spacial score (nSPS) is 15.0. The van der Waals surface area contributed by atoms with Gasteiger partial charge in [-0.25, -0.2) is 9.18 Å². The Bertz CT molecular complexity index is 373. The van der Waals surface area contributed by atoms with Crippen LogP contribution in [0.5, 0.6) is 5.75 Å². The third kappa shape index (κ3) is 1.14. The maximum atomic E-state index is 13.1. The molecule has 0 amide bonds. The summed E-state index contributed by atoms with van der Waals surface area (Å²) in [5.74, 6) is -1.34. The number of fused-ring (bicyclic) bond motifs is 1. The summed E-state index contributed by atoms with van der Waals surface area (Å²) in [5.41, 5.74) is 0.211. The van der Waals surface area contributed by atoms with Gasteiger partial charge in [-0.3, -0.25) is 0 Å². The van der Waals surface area contributed by atoms with Crippen LogP contribution in [0, 0.1) is 5.82 Å². The summed E-state index contributed by atoms with van der Waals surface area (Å²) in [6.07, 6.45) is 0.321. The smallest absolute Gasteiger partial charge is 0.342 e. The topological polar surface area (TPSA) is 46.5 Å². The minimum Gasteiger partial charge on any atom is -0.507 e. The number of cyclic esters (lactones) is 1. The number of hydrogen-bond acceptors (Lipinski definition) is 3. The van der Waals surface area contributed by atoms with Crippen LogP contribution in [0.25, 0.3) is 0 Å².